The Balaban J connectivity index is 1.55. The second-order valence-corrected chi connectivity index (χ2v) is 10.0. The van der Waals surface area contributed by atoms with Crippen molar-refractivity contribution >= 4 is 11.9 Å². The van der Waals surface area contributed by atoms with E-state index in [2.05, 4.69) is 5.32 Å². The van der Waals surface area contributed by atoms with Gasteiger partial charge in [-0.25, -0.2) is 4.79 Å². The first-order valence-electron chi connectivity index (χ1n) is 11.6. The summed E-state index contributed by atoms with van der Waals surface area (Å²) < 4.78 is 13.0. The topological polar surface area (TPSA) is 103 Å². The molecule has 4 rings (SSSR count). The van der Waals surface area contributed by atoms with Gasteiger partial charge in [0.1, 0.15) is 11.4 Å². The number of fused-ring (bicyclic) bond motifs is 1. The predicted molar refractivity (Wildman–Crippen MR) is 122 cm³/mol. The first kappa shape index (κ1) is 23.3. The molecule has 3 heterocycles. The van der Waals surface area contributed by atoms with Crippen LogP contribution in [0.2, 0.25) is 0 Å². The summed E-state index contributed by atoms with van der Waals surface area (Å²) in [5, 5.41) is 17.6. The summed E-state index contributed by atoms with van der Waals surface area (Å²) in [7, 11) is 0. The van der Waals surface area contributed by atoms with Gasteiger partial charge in [0, 0.05) is 43.7 Å². The number of amides is 1. The van der Waals surface area contributed by atoms with Gasteiger partial charge in [0.05, 0.1) is 17.9 Å². The Bertz CT molecular complexity index is 1040. The summed E-state index contributed by atoms with van der Waals surface area (Å²) in [6.45, 7) is 8.92. The summed E-state index contributed by atoms with van der Waals surface area (Å²) in [5.41, 5.74) is 2.48. The third kappa shape index (κ3) is 5.05. The highest BCUT2D eigenvalue weighted by atomic mass is 16.5. The molecule has 33 heavy (non-hydrogen) atoms. The minimum atomic E-state index is -0.475. The van der Waals surface area contributed by atoms with Crippen molar-refractivity contribution in [2.24, 2.45) is 10.8 Å². The van der Waals surface area contributed by atoms with E-state index in [0.29, 0.717) is 44.0 Å². The van der Waals surface area contributed by atoms with Crippen LogP contribution in [0.4, 0.5) is 0 Å². The Morgan fingerprint density at radius 3 is 2.79 bits per heavy atom. The zero-order chi connectivity index (χ0) is 23.6. The van der Waals surface area contributed by atoms with Gasteiger partial charge in [-0.1, -0.05) is 19.9 Å². The number of aryl methyl sites for hydroxylation is 1. The van der Waals surface area contributed by atoms with Crippen LogP contribution in [0.3, 0.4) is 0 Å². The van der Waals surface area contributed by atoms with Crippen LogP contribution in [0.5, 0.6) is 5.75 Å². The third-order valence-corrected chi connectivity index (χ3v) is 6.70. The zero-order valence-electron chi connectivity index (χ0n) is 19.6. The van der Waals surface area contributed by atoms with E-state index < -0.39 is 11.4 Å². The van der Waals surface area contributed by atoms with Crippen LogP contribution < -0.4 is 5.32 Å². The van der Waals surface area contributed by atoms with Gasteiger partial charge in [-0.15, -0.1) is 0 Å². The third-order valence-electron chi connectivity index (χ3n) is 6.70. The molecule has 0 aliphatic carbocycles. The molecule has 1 aromatic heterocycles. The molecule has 1 amide bonds. The molecule has 178 valence electrons. The number of carbonyl (C=O) groups is 2. The largest absolute Gasteiger partial charge is 0.508 e. The lowest BCUT2D eigenvalue weighted by molar-refractivity contribution is 0.0159. The first-order valence-corrected chi connectivity index (χ1v) is 11.6. The molecule has 0 saturated carbocycles. The number of carbonyl (C=O) groups excluding carboxylic acids is 2. The Morgan fingerprint density at radius 1 is 1.33 bits per heavy atom. The fraction of sp³-hybridized carbons (Fsp3) is 0.560. The number of esters is 1. The second-order valence-electron chi connectivity index (χ2n) is 10.0. The first-order chi connectivity index (χ1) is 15.7. The molecule has 1 aromatic carbocycles. The Labute approximate surface area is 194 Å². The Hall–Kier alpha value is -2.87. The number of ether oxygens (including phenoxy) is 2. The number of aromatic nitrogens is 2. The van der Waals surface area contributed by atoms with Crippen molar-refractivity contribution in [1.29, 1.82) is 0 Å². The summed E-state index contributed by atoms with van der Waals surface area (Å²) in [6, 6.07) is 6.13. The van der Waals surface area contributed by atoms with Crippen molar-refractivity contribution in [2.75, 3.05) is 26.4 Å². The van der Waals surface area contributed by atoms with Crippen molar-refractivity contribution in [3.63, 3.8) is 0 Å². The van der Waals surface area contributed by atoms with Crippen LogP contribution in [0.15, 0.2) is 24.3 Å². The molecule has 0 unspecified atom stereocenters. The second kappa shape index (κ2) is 9.17. The van der Waals surface area contributed by atoms with Gasteiger partial charge < -0.3 is 19.9 Å². The van der Waals surface area contributed by atoms with Crippen LogP contribution in [0.25, 0.3) is 0 Å². The predicted octanol–water partition coefficient (Wildman–Crippen LogP) is 3.12. The highest BCUT2D eigenvalue weighted by molar-refractivity contribution is 5.95. The highest BCUT2D eigenvalue weighted by Crippen LogP contribution is 2.38. The number of hydrogen-bond donors (Lipinski definition) is 2. The highest BCUT2D eigenvalue weighted by Gasteiger charge is 2.40. The summed E-state index contributed by atoms with van der Waals surface area (Å²) >= 11 is 0. The molecule has 0 bridgehead atoms. The maximum atomic E-state index is 13.0. The van der Waals surface area contributed by atoms with Gasteiger partial charge in [0.2, 0.25) is 0 Å². The Morgan fingerprint density at radius 2 is 2.09 bits per heavy atom. The average molecular weight is 456 g/mol. The van der Waals surface area contributed by atoms with E-state index in [1.807, 2.05) is 20.8 Å². The lowest BCUT2D eigenvalue weighted by Gasteiger charge is -2.36. The number of rotatable bonds is 6. The average Bonchev–Trinajstić information content (AvgIpc) is 3.05. The van der Waals surface area contributed by atoms with E-state index in [-0.39, 0.29) is 23.7 Å². The van der Waals surface area contributed by atoms with Gasteiger partial charge >= 0.3 is 5.97 Å². The van der Waals surface area contributed by atoms with Gasteiger partial charge in [0.25, 0.3) is 5.91 Å². The van der Waals surface area contributed by atoms with Crippen molar-refractivity contribution in [1.82, 2.24) is 15.1 Å². The maximum Gasteiger partial charge on any atom is 0.338 e. The number of benzene rings is 1. The van der Waals surface area contributed by atoms with Gasteiger partial charge in [-0.3, -0.25) is 9.48 Å². The molecule has 8 heteroatoms. The fourth-order valence-corrected chi connectivity index (χ4v) is 4.79. The maximum absolute atomic E-state index is 13.0. The van der Waals surface area contributed by atoms with Crippen LogP contribution in [-0.2, 0) is 28.9 Å². The molecule has 2 aliphatic rings. The lowest BCUT2D eigenvalue weighted by Crippen LogP contribution is -2.40. The molecule has 1 spiro atoms. The summed E-state index contributed by atoms with van der Waals surface area (Å²) in [4.78, 5) is 25.4. The molecule has 2 N–H and O–H groups in total. The van der Waals surface area contributed by atoms with Crippen LogP contribution >= 0.6 is 0 Å². The minimum absolute atomic E-state index is 0.0125. The van der Waals surface area contributed by atoms with E-state index in [1.165, 1.54) is 12.1 Å². The van der Waals surface area contributed by atoms with Gasteiger partial charge in [-0.05, 0) is 49.8 Å². The summed E-state index contributed by atoms with van der Waals surface area (Å²) in [5.74, 6) is -0.517. The van der Waals surface area contributed by atoms with E-state index >= 15 is 0 Å². The number of hydrogen-bond acceptors (Lipinski definition) is 6. The van der Waals surface area contributed by atoms with Crippen LogP contribution in [0, 0.1) is 10.8 Å². The number of nitrogens with zero attached hydrogens (tertiary/aromatic N) is 2. The van der Waals surface area contributed by atoms with Crippen molar-refractivity contribution < 1.29 is 24.2 Å². The number of phenolic OH excluding ortho intramolecular Hbond substituents is 1. The van der Waals surface area contributed by atoms with Crippen molar-refractivity contribution in [3.05, 3.63) is 46.8 Å². The molecule has 1 saturated heterocycles. The van der Waals surface area contributed by atoms with Gasteiger partial charge in [0.15, 0.2) is 0 Å². The van der Waals surface area contributed by atoms with Crippen LogP contribution in [0.1, 0.15) is 65.7 Å². The number of aromatic hydroxyl groups is 1. The van der Waals surface area contributed by atoms with E-state index in [9.17, 15) is 14.7 Å². The molecule has 0 radical (unpaired) electrons. The zero-order valence-corrected chi connectivity index (χ0v) is 19.6. The smallest absolute Gasteiger partial charge is 0.338 e. The lowest BCUT2D eigenvalue weighted by atomic mass is 9.74. The molecule has 8 nitrogen and oxygen atoms in total. The monoisotopic (exact) mass is 455 g/mol. The molecular weight excluding hydrogens is 422 g/mol. The normalized spacial score (nSPS) is 17.8. The quantitative estimate of drug-likeness (QED) is 0.649. The minimum Gasteiger partial charge on any atom is -0.508 e. The molecule has 2 aromatic rings. The SMILES string of the molecule is CCn1nc(CC(C)(C)COC(=O)c2cccc(O)c2)c2c1C(=O)NCC1(CCOCC1)C2. The van der Waals surface area contributed by atoms with E-state index in [0.717, 1.165) is 30.5 Å². The van der Waals surface area contributed by atoms with Crippen LogP contribution in [-0.4, -0.2) is 53.1 Å². The summed E-state index contributed by atoms with van der Waals surface area (Å²) in [6.07, 6.45) is 3.19. The number of nitrogens with one attached hydrogen (secondary N) is 1. The molecule has 1 fully saturated rings. The number of phenols is 1. The van der Waals surface area contributed by atoms with Gasteiger partial charge in [-0.2, -0.15) is 5.10 Å². The Kier molecular flexibility index (Phi) is 6.47. The molecule has 2 aliphatic heterocycles. The molecule has 0 atom stereocenters. The fourth-order valence-electron chi connectivity index (χ4n) is 4.79. The van der Waals surface area contributed by atoms with Crippen molar-refractivity contribution in [3.8, 4) is 5.75 Å². The molecular formula is C25H33N3O5. The van der Waals surface area contributed by atoms with E-state index in [4.69, 9.17) is 14.6 Å². The van der Waals surface area contributed by atoms with E-state index in [1.54, 1.807) is 16.8 Å². The standard InChI is InChI=1S/C25H33N3O5/c1-4-28-21-19(13-25(15-26-22(21)30)8-10-32-11-9-25)20(27-28)14-24(2,3)16-33-23(31)17-6-5-7-18(29)12-17/h5-7,12,29H,4,8-11,13-16H2,1-3H3,(H,26,30). The van der Waals surface area contributed by atoms with Crippen molar-refractivity contribution in [2.45, 2.75) is 53.0 Å².